The van der Waals surface area contributed by atoms with Gasteiger partial charge < -0.3 is 20.7 Å². The molecule has 1 unspecified atom stereocenters. The molecule has 0 bridgehead atoms. The molecule has 5 rings (SSSR count). The van der Waals surface area contributed by atoms with E-state index in [2.05, 4.69) is 20.9 Å². The second-order valence-corrected chi connectivity index (χ2v) is 11.6. The number of amides is 1. The fraction of sp³-hybridized carbons (Fsp3) is 0.129. The molecule has 0 fully saturated rings. The average molecular weight is 585 g/mol. The zero-order valence-electron chi connectivity index (χ0n) is 22.0. The van der Waals surface area contributed by atoms with Crippen LogP contribution in [-0.2, 0) is 4.79 Å². The molecule has 0 saturated carbocycles. The van der Waals surface area contributed by atoms with Crippen molar-refractivity contribution in [1.82, 2.24) is 4.98 Å². The number of benzene rings is 4. The zero-order chi connectivity index (χ0) is 27.9. The molecule has 5 aromatic rings. The second-order valence-electron chi connectivity index (χ2n) is 8.95. The van der Waals surface area contributed by atoms with E-state index >= 15 is 0 Å². The smallest absolute Gasteiger partial charge is 0.244 e. The summed E-state index contributed by atoms with van der Waals surface area (Å²) >= 11 is 8.42. The Balaban J connectivity index is 1.31. The number of carbonyl (C=O) groups excluding carboxylic acids is 1. The highest BCUT2D eigenvalue weighted by atomic mass is 32.2. The molecule has 0 spiro atoms. The summed E-state index contributed by atoms with van der Waals surface area (Å²) in [7, 11) is 0. The van der Waals surface area contributed by atoms with E-state index in [4.69, 9.17) is 17.0 Å². The van der Waals surface area contributed by atoms with Crippen LogP contribution < -0.4 is 20.7 Å². The number of thiazole rings is 1. The Labute approximate surface area is 247 Å². The Morgan fingerprint density at radius 1 is 0.925 bits per heavy atom. The van der Waals surface area contributed by atoms with Crippen LogP contribution in [-0.4, -0.2) is 22.6 Å². The van der Waals surface area contributed by atoms with Crippen LogP contribution in [0.3, 0.4) is 0 Å². The molecule has 0 aliphatic rings. The average Bonchev–Trinajstić information content (AvgIpc) is 3.35. The first kappa shape index (κ1) is 27.6. The molecular formula is C31H28N4O2S3. The molecule has 0 saturated heterocycles. The number of aryl methyl sites for hydroxylation is 1. The van der Waals surface area contributed by atoms with E-state index in [9.17, 15) is 4.79 Å². The van der Waals surface area contributed by atoms with Gasteiger partial charge in [-0.15, -0.1) is 11.8 Å². The van der Waals surface area contributed by atoms with Crippen LogP contribution in [0, 0.1) is 6.92 Å². The number of hydrogen-bond acceptors (Lipinski definition) is 6. The summed E-state index contributed by atoms with van der Waals surface area (Å²) in [5.74, 6) is 0.645. The number of nitrogens with one attached hydrogen (secondary N) is 3. The first-order chi connectivity index (χ1) is 19.5. The summed E-state index contributed by atoms with van der Waals surface area (Å²) < 4.78 is 6.56. The molecule has 1 heterocycles. The molecule has 202 valence electrons. The van der Waals surface area contributed by atoms with Crippen LogP contribution in [0.1, 0.15) is 23.3 Å². The number of fused-ring (bicyclic) bond motifs is 1. The molecule has 0 aliphatic carbocycles. The topological polar surface area (TPSA) is 75.3 Å². The maximum absolute atomic E-state index is 13.6. The minimum atomic E-state index is -0.486. The van der Waals surface area contributed by atoms with E-state index in [0.717, 1.165) is 37.8 Å². The van der Waals surface area contributed by atoms with Crippen molar-refractivity contribution in [2.45, 2.75) is 24.0 Å². The van der Waals surface area contributed by atoms with Crippen molar-refractivity contribution in [3.63, 3.8) is 0 Å². The van der Waals surface area contributed by atoms with Crippen molar-refractivity contribution in [3.8, 4) is 5.75 Å². The Kier molecular flexibility index (Phi) is 8.95. The molecule has 40 heavy (non-hydrogen) atoms. The molecule has 1 atom stereocenters. The fourth-order valence-corrected chi connectivity index (χ4v) is 6.22. The van der Waals surface area contributed by atoms with Gasteiger partial charge in [0, 0.05) is 16.3 Å². The van der Waals surface area contributed by atoms with Gasteiger partial charge in [0.1, 0.15) is 11.0 Å². The number of ether oxygens (including phenoxy) is 1. The molecule has 1 aromatic heterocycles. The van der Waals surface area contributed by atoms with Gasteiger partial charge in [0.25, 0.3) is 0 Å². The first-order valence-electron chi connectivity index (χ1n) is 12.8. The van der Waals surface area contributed by atoms with E-state index < -0.39 is 5.25 Å². The Morgan fingerprint density at radius 3 is 2.48 bits per heavy atom. The summed E-state index contributed by atoms with van der Waals surface area (Å²) in [6.07, 6.45) is 0. The quantitative estimate of drug-likeness (QED) is 0.119. The maximum atomic E-state index is 13.6. The summed E-state index contributed by atoms with van der Waals surface area (Å²) in [5.41, 5.74) is 4.66. The van der Waals surface area contributed by atoms with Crippen LogP contribution in [0.4, 0.5) is 16.5 Å². The molecule has 4 aromatic carbocycles. The third kappa shape index (κ3) is 7.18. The summed E-state index contributed by atoms with van der Waals surface area (Å²) in [5, 5.41) is 10.1. The molecular weight excluding hydrogens is 557 g/mol. The van der Waals surface area contributed by atoms with Gasteiger partial charge in [0.05, 0.1) is 16.8 Å². The highest BCUT2D eigenvalue weighted by molar-refractivity contribution is 8.00. The number of hydrogen-bond donors (Lipinski definition) is 3. The van der Waals surface area contributed by atoms with Gasteiger partial charge in [0.15, 0.2) is 10.2 Å². The lowest BCUT2D eigenvalue weighted by Gasteiger charge is -2.17. The highest BCUT2D eigenvalue weighted by Gasteiger charge is 2.23. The van der Waals surface area contributed by atoms with Crippen LogP contribution in [0.2, 0.25) is 0 Å². The van der Waals surface area contributed by atoms with E-state index in [-0.39, 0.29) is 5.91 Å². The van der Waals surface area contributed by atoms with Crippen LogP contribution in [0.25, 0.3) is 10.2 Å². The first-order valence-corrected chi connectivity index (χ1v) is 14.9. The van der Waals surface area contributed by atoms with Crippen molar-refractivity contribution < 1.29 is 9.53 Å². The largest absolute Gasteiger partial charge is 0.494 e. The van der Waals surface area contributed by atoms with Gasteiger partial charge in [-0.05, 0) is 80.2 Å². The summed E-state index contributed by atoms with van der Waals surface area (Å²) in [6.45, 7) is 4.59. The van der Waals surface area contributed by atoms with Gasteiger partial charge in [-0.25, -0.2) is 4.98 Å². The normalized spacial score (nSPS) is 11.6. The van der Waals surface area contributed by atoms with Crippen LogP contribution >= 0.6 is 35.3 Å². The lowest BCUT2D eigenvalue weighted by molar-refractivity contribution is -0.115. The second kappa shape index (κ2) is 13.0. The zero-order valence-corrected chi connectivity index (χ0v) is 24.5. The minimum absolute atomic E-state index is 0.143. The predicted octanol–water partition coefficient (Wildman–Crippen LogP) is 8.28. The molecule has 0 radical (unpaired) electrons. The number of thioether (sulfide) groups is 1. The minimum Gasteiger partial charge on any atom is -0.494 e. The van der Waals surface area contributed by atoms with E-state index in [1.165, 1.54) is 28.7 Å². The Hall–Kier alpha value is -3.92. The number of carbonyl (C=O) groups is 1. The third-order valence-corrected chi connectivity index (χ3v) is 8.28. The summed E-state index contributed by atoms with van der Waals surface area (Å²) in [4.78, 5) is 19.2. The van der Waals surface area contributed by atoms with Crippen molar-refractivity contribution in [2.75, 3.05) is 22.6 Å². The molecule has 1 amide bonds. The predicted molar refractivity (Wildman–Crippen MR) is 172 cm³/mol. The highest BCUT2D eigenvalue weighted by Crippen LogP contribution is 2.38. The SMILES string of the molecule is CCOc1ccc2nc(NC(=O)C(Sc3cccc(NC(=S)Nc4ccc(C)cc4)c3)c3ccccc3)sc2c1. The van der Waals surface area contributed by atoms with Gasteiger partial charge in [-0.1, -0.05) is 65.4 Å². The van der Waals surface area contributed by atoms with Gasteiger partial charge >= 0.3 is 0 Å². The number of rotatable bonds is 9. The fourth-order valence-electron chi connectivity index (χ4n) is 4.00. The van der Waals surface area contributed by atoms with Gasteiger partial charge in [0.2, 0.25) is 5.91 Å². The van der Waals surface area contributed by atoms with Crippen molar-refractivity contribution >= 4 is 73.1 Å². The van der Waals surface area contributed by atoms with E-state index in [0.29, 0.717) is 16.9 Å². The monoisotopic (exact) mass is 584 g/mol. The van der Waals surface area contributed by atoms with Crippen molar-refractivity contribution in [1.29, 1.82) is 0 Å². The number of thiocarbonyl (C=S) groups is 1. The lowest BCUT2D eigenvalue weighted by Crippen LogP contribution is -2.19. The summed E-state index contributed by atoms with van der Waals surface area (Å²) in [6, 6.07) is 31.4. The third-order valence-electron chi connectivity index (χ3n) is 5.90. The number of anilines is 3. The number of aromatic nitrogens is 1. The molecule has 0 aliphatic heterocycles. The lowest BCUT2D eigenvalue weighted by atomic mass is 10.1. The van der Waals surface area contributed by atoms with E-state index in [1.807, 2.05) is 111 Å². The standard InChI is InChI=1S/C31H28N4O2S3/c1-3-37-24-16-17-26-27(19-24)40-31(34-26)35-29(36)28(21-8-5-4-6-9-21)39-25-11-7-10-23(18-25)33-30(38)32-22-14-12-20(2)13-15-22/h4-19,28H,3H2,1-2H3,(H2,32,33,38)(H,34,35,36). The van der Waals surface area contributed by atoms with E-state index in [1.54, 1.807) is 0 Å². The van der Waals surface area contributed by atoms with Crippen molar-refractivity contribution in [3.05, 3.63) is 108 Å². The van der Waals surface area contributed by atoms with Gasteiger partial charge in [-0.2, -0.15) is 0 Å². The molecule has 6 nitrogen and oxygen atoms in total. The van der Waals surface area contributed by atoms with Crippen LogP contribution in [0.15, 0.2) is 102 Å². The Bertz CT molecular complexity index is 1620. The Morgan fingerprint density at radius 2 is 1.70 bits per heavy atom. The van der Waals surface area contributed by atoms with Crippen LogP contribution in [0.5, 0.6) is 5.75 Å². The van der Waals surface area contributed by atoms with Crippen molar-refractivity contribution in [2.24, 2.45) is 0 Å². The molecule has 3 N–H and O–H groups in total. The number of nitrogens with zero attached hydrogens (tertiary/aromatic N) is 1. The maximum Gasteiger partial charge on any atom is 0.244 e. The van der Waals surface area contributed by atoms with Gasteiger partial charge in [-0.3, -0.25) is 4.79 Å². The molecule has 9 heteroatoms.